The Bertz CT molecular complexity index is 854. The maximum absolute atomic E-state index is 13.8. The van der Waals surface area contributed by atoms with Crippen molar-refractivity contribution >= 4 is 10.9 Å². The van der Waals surface area contributed by atoms with E-state index in [9.17, 15) is 18.7 Å². The first-order valence-corrected chi connectivity index (χ1v) is 5.87. The minimum absolute atomic E-state index is 0.0779. The van der Waals surface area contributed by atoms with E-state index in [0.29, 0.717) is 11.3 Å². The van der Waals surface area contributed by atoms with Crippen molar-refractivity contribution in [1.82, 2.24) is 4.98 Å². The van der Waals surface area contributed by atoms with Crippen LogP contribution >= 0.6 is 0 Å². The molecule has 0 radical (unpaired) electrons. The summed E-state index contributed by atoms with van der Waals surface area (Å²) < 4.78 is 27.0. The Morgan fingerprint density at radius 3 is 2.40 bits per heavy atom. The number of H-pyrrole nitrogens is 1. The van der Waals surface area contributed by atoms with Crippen LogP contribution in [0, 0.1) is 11.6 Å². The summed E-state index contributed by atoms with van der Waals surface area (Å²) in [6.45, 7) is 0. The van der Waals surface area contributed by atoms with Crippen molar-refractivity contribution < 1.29 is 13.9 Å². The summed E-state index contributed by atoms with van der Waals surface area (Å²) in [5.41, 5.74) is 0.374. The molecule has 2 N–H and O–H groups in total. The van der Waals surface area contributed by atoms with E-state index in [1.807, 2.05) is 0 Å². The van der Waals surface area contributed by atoms with Gasteiger partial charge in [0.05, 0.1) is 5.52 Å². The molecule has 0 aliphatic rings. The molecule has 3 aromatic rings. The molecule has 0 fully saturated rings. The second-order valence-electron chi connectivity index (χ2n) is 4.38. The number of fused-ring (bicyclic) bond motifs is 1. The van der Waals surface area contributed by atoms with Crippen LogP contribution in [-0.4, -0.2) is 10.1 Å². The number of benzene rings is 2. The van der Waals surface area contributed by atoms with Crippen LogP contribution in [0.15, 0.2) is 47.3 Å². The van der Waals surface area contributed by atoms with E-state index in [0.717, 1.165) is 6.07 Å². The number of aromatic hydroxyl groups is 1. The van der Waals surface area contributed by atoms with Crippen molar-refractivity contribution in [3.63, 3.8) is 0 Å². The number of phenolic OH excluding ortho intramolecular Hbond substituents is 1. The third kappa shape index (κ3) is 1.93. The van der Waals surface area contributed by atoms with Gasteiger partial charge in [0, 0.05) is 17.1 Å². The maximum atomic E-state index is 13.8. The first kappa shape index (κ1) is 12.3. The van der Waals surface area contributed by atoms with Gasteiger partial charge >= 0.3 is 0 Å². The molecule has 0 saturated carbocycles. The Morgan fingerprint density at radius 2 is 1.70 bits per heavy atom. The first-order chi connectivity index (χ1) is 9.56. The number of rotatable bonds is 1. The molecule has 1 aromatic heterocycles. The molecule has 2 aromatic carbocycles. The molecule has 0 amide bonds. The van der Waals surface area contributed by atoms with Crippen LogP contribution in [0.5, 0.6) is 5.75 Å². The van der Waals surface area contributed by atoms with Gasteiger partial charge in [0.2, 0.25) is 0 Å². The van der Waals surface area contributed by atoms with Crippen LogP contribution in [-0.2, 0) is 0 Å². The third-order valence-corrected chi connectivity index (χ3v) is 3.07. The van der Waals surface area contributed by atoms with Gasteiger partial charge in [-0.15, -0.1) is 0 Å². The maximum Gasteiger partial charge on any atom is 0.190 e. The molecule has 0 aliphatic heterocycles. The number of hydrogen-bond donors (Lipinski definition) is 2. The summed E-state index contributed by atoms with van der Waals surface area (Å²) in [6, 6.07) is 9.51. The van der Waals surface area contributed by atoms with Crippen molar-refractivity contribution in [2.75, 3.05) is 0 Å². The van der Waals surface area contributed by atoms with Gasteiger partial charge in [0.15, 0.2) is 17.1 Å². The minimum atomic E-state index is -1.08. The Kier molecular flexibility index (Phi) is 2.75. The lowest BCUT2D eigenvalue weighted by molar-refractivity contribution is 0.475. The van der Waals surface area contributed by atoms with E-state index in [1.54, 1.807) is 12.1 Å². The zero-order valence-corrected chi connectivity index (χ0v) is 10.2. The number of halogens is 2. The number of nitrogens with one attached hydrogen (secondary N) is 1. The van der Waals surface area contributed by atoms with Gasteiger partial charge < -0.3 is 10.1 Å². The molecule has 20 heavy (non-hydrogen) atoms. The summed E-state index contributed by atoms with van der Waals surface area (Å²) in [6.07, 6.45) is 0. The van der Waals surface area contributed by atoms with Crippen LogP contribution in [0.4, 0.5) is 8.78 Å². The van der Waals surface area contributed by atoms with Crippen molar-refractivity contribution in [2.45, 2.75) is 0 Å². The van der Waals surface area contributed by atoms with E-state index in [1.165, 1.54) is 24.3 Å². The average molecular weight is 273 g/mol. The zero-order chi connectivity index (χ0) is 14.3. The summed E-state index contributed by atoms with van der Waals surface area (Å²) in [5, 5.41) is 9.32. The lowest BCUT2D eigenvalue weighted by Gasteiger charge is -2.06. The van der Waals surface area contributed by atoms with E-state index in [2.05, 4.69) is 4.98 Å². The standard InChI is InChI=1S/C15H9F2NO2/c16-11-6-5-10-13(20)7-12(18-15(10)14(11)17)8-1-3-9(19)4-2-8/h1-7,19H,(H,18,20). The molecular weight excluding hydrogens is 264 g/mol. The Morgan fingerprint density at radius 1 is 1.00 bits per heavy atom. The lowest BCUT2D eigenvalue weighted by atomic mass is 10.1. The Labute approximate surface area is 112 Å². The SMILES string of the molecule is O=c1cc(-c2ccc(O)cc2)[nH]c2c(F)c(F)ccc12. The quantitative estimate of drug-likeness (QED) is 0.715. The smallest absolute Gasteiger partial charge is 0.190 e. The zero-order valence-electron chi connectivity index (χ0n) is 10.2. The summed E-state index contributed by atoms with van der Waals surface area (Å²) in [4.78, 5) is 14.7. The van der Waals surface area contributed by atoms with Crippen molar-refractivity contribution in [3.05, 3.63) is 64.3 Å². The van der Waals surface area contributed by atoms with E-state index >= 15 is 0 Å². The van der Waals surface area contributed by atoms with E-state index < -0.39 is 17.1 Å². The molecule has 0 spiro atoms. The third-order valence-electron chi connectivity index (χ3n) is 3.07. The summed E-state index contributed by atoms with van der Waals surface area (Å²) in [7, 11) is 0. The molecular formula is C15H9F2NO2. The molecule has 100 valence electrons. The lowest BCUT2D eigenvalue weighted by Crippen LogP contribution is -2.05. The average Bonchev–Trinajstić information content (AvgIpc) is 2.44. The number of hydrogen-bond acceptors (Lipinski definition) is 2. The highest BCUT2D eigenvalue weighted by atomic mass is 19.2. The molecule has 0 aliphatic carbocycles. The highest BCUT2D eigenvalue weighted by Crippen LogP contribution is 2.22. The molecule has 0 saturated heterocycles. The van der Waals surface area contributed by atoms with Crippen LogP contribution in [0.25, 0.3) is 22.2 Å². The predicted octanol–water partition coefficient (Wildman–Crippen LogP) is 3.18. The number of aromatic amines is 1. The van der Waals surface area contributed by atoms with Gasteiger partial charge in [0.1, 0.15) is 5.75 Å². The van der Waals surface area contributed by atoms with Gasteiger partial charge in [-0.1, -0.05) is 0 Å². The number of phenols is 1. The highest BCUT2D eigenvalue weighted by Gasteiger charge is 2.11. The predicted molar refractivity (Wildman–Crippen MR) is 71.6 cm³/mol. The fraction of sp³-hybridized carbons (Fsp3) is 0. The molecule has 3 nitrogen and oxygen atoms in total. The van der Waals surface area contributed by atoms with Gasteiger partial charge in [-0.2, -0.15) is 0 Å². The summed E-state index contributed by atoms with van der Waals surface area (Å²) >= 11 is 0. The van der Waals surface area contributed by atoms with Crippen LogP contribution < -0.4 is 5.43 Å². The van der Waals surface area contributed by atoms with Crippen molar-refractivity contribution in [3.8, 4) is 17.0 Å². The number of pyridine rings is 1. The molecule has 0 atom stereocenters. The second kappa shape index (κ2) is 4.45. The Balaban J connectivity index is 2.31. The largest absolute Gasteiger partial charge is 0.508 e. The van der Waals surface area contributed by atoms with Gasteiger partial charge in [-0.05, 0) is 42.0 Å². The van der Waals surface area contributed by atoms with Crippen LogP contribution in [0.2, 0.25) is 0 Å². The minimum Gasteiger partial charge on any atom is -0.508 e. The fourth-order valence-electron chi connectivity index (χ4n) is 2.05. The molecule has 0 bridgehead atoms. The normalized spacial score (nSPS) is 10.9. The Hall–Kier alpha value is -2.69. The van der Waals surface area contributed by atoms with E-state index in [4.69, 9.17) is 0 Å². The van der Waals surface area contributed by atoms with Crippen molar-refractivity contribution in [1.29, 1.82) is 0 Å². The van der Waals surface area contributed by atoms with Crippen LogP contribution in [0.3, 0.4) is 0 Å². The highest BCUT2D eigenvalue weighted by molar-refractivity contribution is 5.82. The van der Waals surface area contributed by atoms with Crippen LogP contribution in [0.1, 0.15) is 0 Å². The molecule has 0 unspecified atom stereocenters. The van der Waals surface area contributed by atoms with Gasteiger partial charge in [-0.25, -0.2) is 8.78 Å². The number of aromatic nitrogens is 1. The molecule has 5 heteroatoms. The van der Waals surface area contributed by atoms with Crippen molar-refractivity contribution in [2.24, 2.45) is 0 Å². The summed E-state index contributed by atoms with van der Waals surface area (Å²) in [5.74, 6) is -2.02. The fourth-order valence-corrected chi connectivity index (χ4v) is 2.05. The molecule has 1 heterocycles. The van der Waals surface area contributed by atoms with Gasteiger partial charge in [0.25, 0.3) is 0 Å². The van der Waals surface area contributed by atoms with Gasteiger partial charge in [-0.3, -0.25) is 4.79 Å². The second-order valence-corrected chi connectivity index (χ2v) is 4.38. The first-order valence-electron chi connectivity index (χ1n) is 5.87. The monoisotopic (exact) mass is 273 g/mol. The molecule has 3 rings (SSSR count). The topological polar surface area (TPSA) is 53.1 Å². The van der Waals surface area contributed by atoms with E-state index in [-0.39, 0.29) is 16.7 Å².